The Bertz CT molecular complexity index is 464. The Morgan fingerprint density at radius 3 is 2.58 bits per heavy atom. The van der Waals surface area contributed by atoms with Gasteiger partial charge in [-0.05, 0) is 19.9 Å². The summed E-state index contributed by atoms with van der Waals surface area (Å²) >= 11 is 0. The highest BCUT2D eigenvalue weighted by molar-refractivity contribution is 5.96. The number of amides is 3. The van der Waals surface area contributed by atoms with Crippen LogP contribution in [-0.2, 0) is 16.1 Å². The molecule has 0 spiro atoms. The third kappa shape index (κ3) is 4.82. The number of furan rings is 1. The first-order chi connectivity index (χ1) is 8.81. The number of imide groups is 1. The molecule has 0 aliphatic heterocycles. The van der Waals surface area contributed by atoms with Crippen LogP contribution in [0.2, 0.25) is 0 Å². The molecule has 3 amide bonds. The van der Waals surface area contributed by atoms with Crippen molar-refractivity contribution in [1.82, 2.24) is 10.6 Å². The predicted molar refractivity (Wildman–Crippen MR) is 65.1 cm³/mol. The quantitative estimate of drug-likeness (QED) is 0.741. The van der Waals surface area contributed by atoms with Crippen LogP contribution in [0.1, 0.15) is 25.8 Å². The highest BCUT2D eigenvalue weighted by atomic mass is 16.4. The molecule has 7 nitrogen and oxygen atoms in total. The molecule has 0 atom stereocenters. The van der Waals surface area contributed by atoms with Crippen molar-refractivity contribution in [2.24, 2.45) is 5.41 Å². The number of carbonyl (C=O) groups excluding carboxylic acids is 2. The van der Waals surface area contributed by atoms with E-state index in [4.69, 9.17) is 9.52 Å². The number of carboxylic acids is 1. The van der Waals surface area contributed by atoms with E-state index >= 15 is 0 Å². The fourth-order valence-corrected chi connectivity index (χ4v) is 1.27. The Morgan fingerprint density at radius 2 is 2.05 bits per heavy atom. The number of aliphatic carboxylic acids is 1. The van der Waals surface area contributed by atoms with Gasteiger partial charge in [-0.1, -0.05) is 0 Å². The Balaban J connectivity index is 2.36. The van der Waals surface area contributed by atoms with E-state index in [2.05, 4.69) is 10.6 Å². The number of carboxylic acid groups (broad SMARTS) is 1. The Labute approximate surface area is 110 Å². The molecule has 0 radical (unpaired) electrons. The largest absolute Gasteiger partial charge is 0.481 e. The molecule has 0 saturated carbocycles. The minimum absolute atomic E-state index is 0.220. The van der Waals surface area contributed by atoms with Gasteiger partial charge in [-0.15, -0.1) is 0 Å². The van der Waals surface area contributed by atoms with E-state index in [0.29, 0.717) is 0 Å². The van der Waals surface area contributed by atoms with E-state index in [1.165, 1.54) is 26.4 Å². The standard InChI is InChI=1S/C12H16N2O5/c1-12(2,10(16)17)5-9(15)14-11(18)13-6-8-3-4-19-7-8/h3-4,7H,5-6H2,1-2H3,(H,16,17)(H2,13,14,15,18). The minimum Gasteiger partial charge on any atom is -0.481 e. The summed E-state index contributed by atoms with van der Waals surface area (Å²) in [5.74, 6) is -1.74. The van der Waals surface area contributed by atoms with E-state index < -0.39 is 23.3 Å². The predicted octanol–water partition coefficient (Wildman–Crippen LogP) is 1.11. The zero-order valence-electron chi connectivity index (χ0n) is 10.7. The molecule has 1 aromatic rings. The normalized spacial score (nSPS) is 10.8. The molecule has 0 unspecified atom stereocenters. The molecule has 1 rings (SSSR count). The lowest BCUT2D eigenvalue weighted by Crippen LogP contribution is -2.41. The van der Waals surface area contributed by atoms with Gasteiger partial charge in [0, 0.05) is 18.5 Å². The van der Waals surface area contributed by atoms with E-state index in [0.717, 1.165) is 5.56 Å². The molecule has 0 bridgehead atoms. The topological polar surface area (TPSA) is 109 Å². The maximum Gasteiger partial charge on any atom is 0.321 e. The highest BCUT2D eigenvalue weighted by Gasteiger charge is 2.30. The zero-order valence-corrected chi connectivity index (χ0v) is 10.7. The third-order valence-electron chi connectivity index (χ3n) is 2.47. The minimum atomic E-state index is -1.21. The lowest BCUT2D eigenvalue weighted by molar-refractivity contribution is -0.149. The molecule has 0 fully saturated rings. The molecule has 7 heteroatoms. The summed E-state index contributed by atoms with van der Waals surface area (Å²) in [6.45, 7) is 3.05. The smallest absolute Gasteiger partial charge is 0.321 e. The number of carbonyl (C=O) groups is 3. The van der Waals surface area contributed by atoms with Gasteiger partial charge in [0.2, 0.25) is 5.91 Å². The fraction of sp³-hybridized carbons (Fsp3) is 0.417. The zero-order chi connectivity index (χ0) is 14.5. The molecule has 0 aliphatic rings. The summed E-state index contributed by atoms with van der Waals surface area (Å²) in [4.78, 5) is 33.7. The van der Waals surface area contributed by atoms with Gasteiger partial charge in [0.15, 0.2) is 0 Å². The lowest BCUT2D eigenvalue weighted by Gasteiger charge is -2.17. The second kappa shape index (κ2) is 6.03. The monoisotopic (exact) mass is 268 g/mol. The van der Waals surface area contributed by atoms with Crippen molar-refractivity contribution >= 4 is 17.9 Å². The average Bonchev–Trinajstić information content (AvgIpc) is 2.77. The number of rotatable bonds is 5. The maximum atomic E-state index is 11.5. The molecule has 3 N–H and O–H groups in total. The van der Waals surface area contributed by atoms with Crippen molar-refractivity contribution in [3.05, 3.63) is 24.2 Å². The second-order valence-corrected chi connectivity index (χ2v) is 4.73. The van der Waals surface area contributed by atoms with Crippen LogP contribution in [0.5, 0.6) is 0 Å². The number of hydrogen-bond donors (Lipinski definition) is 3. The number of nitrogens with one attached hydrogen (secondary N) is 2. The summed E-state index contributed by atoms with van der Waals surface area (Å²) in [6.07, 6.45) is 2.66. The van der Waals surface area contributed by atoms with Crippen molar-refractivity contribution in [1.29, 1.82) is 0 Å². The Hall–Kier alpha value is -2.31. The van der Waals surface area contributed by atoms with Gasteiger partial charge in [0.25, 0.3) is 0 Å². The van der Waals surface area contributed by atoms with Crippen LogP contribution in [-0.4, -0.2) is 23.0 Å². The maximum absolute atomic E-state index is 11.5. The summed E-state index contributed by atoms with van der Waals surface area (Å²) < 4.78 is 4.82. The van der Waals surface area contributed by atoms with Crippen LogP contribution in [0.3, 0.4) is 0 Å². The van der Waals surface area contributed by atoms with E-state index in [9.17, 15) is 14.4 Å². The lowest BCUT2D eigenvalue weighted by atomic mass is 9.89. The van der Waals surface area contributed by atoms with Gasteiger partial charge in [-0.2, -0.15) is 0 Å². The molecule has 0 saturated heterocycles. The Morgan fingerprint density at radius 1 is 1.37 bits per heavy atom. The number of urea groups is 1. The molecular weight excluding hydrogens is 252 g/mol. The van der Waals surface area contributed by atoms with Crippen LogP contribution in [0.25, 0.3) is 0 Å². The van der Waals surface area contributed by atoms with Crippen LogP contribution in [0, 0.1) is 5.41 Å². The van der Waals surface area contributed by atoms with Crippen molar-refractivity contribution in [2.45, 2.75) is 26.8 Å². The molecular formula is C12H16N2O5. The molecule has 1 aromatic heterocycles. The van der Waals surface area contributed by atoms with Crippen LogP contribution < -0.4 is 10.6 Å². The molecule has 19 heavy (non-hydrogen) atoms. The van der Waals surface area contributed by atoms with Gasteiger partial charge in [0.05, 0.1) is 17.9 Å². The summed E-state index contributed by atoms with van der Waals surface area (Å²) in [6, 6.07) is 1.00. The van der Waals surface area contributed by atoms with E-state index in [1.807, 2.05) is 0 Å². The van der Waals surface area contributed by atoms with E-state index in [-0.39, 0.29) is 13.0 Å². The molecule has 1 heterocycles. The van der Waals surface area contributed by atoms with Crippen molar-refractivity contribution in [2.75, 3.05) is 0 Å². The van der Waals surface area contributed by atoms with Gasteiger partial charge < -0.3 is 14.8 Å². The number of hydrogen-bond acceptors (Lipinski definition) is 4. The van der Waals surface area contributed by atoms with Gasteiger partial charge in [-0.3, -0.25) is 14.9 Å². The van der Waals surface area contributed by atoms with Crippen LogP contribution in [0.4, 0.5) is 4.79 Å². The van der Waals surface area contributed by atoms with Gasteiger partial charge >= 0.3 is 12.0 Å². The van der Waals surface area contributed by atoms with Crippen molar-refractivity contribution in [3.63, 3.8) is 0 Å². The summed E-state index contributed by atoms with van der Waals surface area (Å²) in [5, 5.41) is 13.4. The summed E-state index contributed by atoms with van der Waals surface area (Å²) in [5.41, 5.74) is -0.456. The van der Waals surface area contributed by atoms with E-state index in [1.54, 1.807) is 6.07 Å². The van der Waals surface area contributed by atoms with Crippen LogP contribution >= 0.6 is 0 Å². The third-order valence-corrected chi connectivity index (χ3v) is 2.47. The Kier molecular flexibility index (Phi) is 4.68. The van der Waals surface area contributed by atoms with Gasteiger partial charge in [0.1, 0.15) is 0 Å². The molecule has 0 aliphatic carbocycles. The molecule has 0 aromatic carbocycles. The first kappa shape index (κ1) is 14.7. The first-order valence-corrected chi connectivity index (χ1v) is 5.63. The molecule has 104 valence electrons. The first-order valence-electron chi connectivity index (χ1n) is 5.63. The average molecular weight is 268 g/mol. The summed E-state index contributed by atoms with van der Waals surface area (Å²) in [7, 11) is 0. The van der Waals surface area contributed by atoms with Crippen LogP contribution in [0.15, 0.2) is 23.0 Å². The van der Waals surface area contributed by atoms with Crippen molar-refractivity contribution < 1.29 is 23.9 Å². The fourth-order valence-electron chi connectivity index (χ4n) is 1.27. The van der Waals surface area contributed by atoms with Gasteiger partial charge in [-0.25, -0.2) is 4.79 Å². The van der Waals surface area contributed by atoms with Crippen molar-refractivity contribution in [3.8, 4) is 0 Å². The SMILES string of the molecule is CC(C)(CC(=O)NC(=O)NCc1ccoc1)C(=O)O. The second-order valence-electron chi connectivity index (χ2n) is 4.73. The highest BCUT2D eigenvalue weighted by Crippen LogP contribution is 2.19.